The van der Waals surface area contributed by atoms with Gasteiger partial charge in [0, 0.05) is 44.6 Å². The van der Waals surface area contributed by atoms with Gasteiger partial charge in [0.05, 0.1) is 17.8 Å². The molecule has 126 valence electrons. The highest BCUT2D eigenvalue weighted by atomic mass is 32.1. The number of hydrogen-bond donors (Lipinski definition) is 1. The first-order chi connectivity index (χ1) is 12.2. The van der Waals surface area contributed by atoms with Gasteiger partial charge in [-0.05, 0) is 53.7 Å². The van der Waals surface area contributed by atoms with E-state index < -0.39 is 0 Å². The molecule has 4 heterocycles. The lowest BCUT2D eigenvalue weighted by atomic mass is 9.99. The second-order valence-electron chi connectivity index (χ2n) is 6.22. The Morgan fingerprint density at radius 1 is 1.12 bits per heavy atom. The Morgan fingerprint density at radius 3 is 2.64 bits per heavy atom. The van der Waals surface area contributed by atoms with E-state index in [0.717, 1.165) is 17.4 Å². The van der Waals surface area contributed by atoms with Crippen LogP contribution in [0, 0.1) is 0 Å². The molecule has 1 saturated heterocycles. The minimum Gasteiger partial charge on any atom is -0.357 e. The maximum Gasteiger partial charge on any atom is 0.170 e. The summed E-state index contributed by atoms with van der Waals surface area (Å²) in [5.74, 6) is 0. The summed E-state index contributed by atoms with van der Waals surface area (Å²) in [6.45, 7) is 0.733. The Labute approximate surface area is 152 Å². The van der Waals surface area contributed by atoms with Crippen molar-refractivity contribution in [3.05, 3.63) is 84.2 Å². The number of rotatable bonds is 4. The maximum absolute atomic E-state index is 5.67. The SMILES string of the molecule is Cn1ccc([C@H]2[C@H](c3ccccn3)NC(=S)N2Cc2ccncc2)c1. The molecule has 5 nitrogen and oxygen atoms in total. The number of nitrogens with zero attached hydrogens (tertiary/aromatic N) is 4. The summed E-state index contributed by atoms with van der Waals surface area (Å²) in [5, 5.41) is 4.22. The third kappa shape index (κ3) is 3.13. The standard InChI is InChI=1S/C19H19N5S/c1-23-11-7-15(13-23)18-17(16-4-2-3-8-21-16)22-19(25)24(18)12-14-5-9-20-10-6-14/h2-11,13,17-18H,12H2,1H3,(H,22,25)/t17-,18-/m0/s1. The largest absolute Gasteiger partial charge is 0.357 e. The number of hydrogen-bond acceptors (Lipinski definition) is 3. The predicted octanol–water partition coefficient (Wildman–Crippen LogP) is 2.99. The number of pyridine rings is 2. The van der Waals surface area contributed by atoms with E-state index in [4.69, 9.17) is 12.2 Å². The summed E-state index contributed by atoms with van der Waals surface area (Å²) in [6, 6.07) is 12.3. The molecule has 0 unspecified atom stereocenters. The Morgan fingerprint density at radius 2 is 1.96 bits per heavy atom. The monoisotopic (exact) mass is 349 g/mol. The molecule has 6 heteroatoms. The van der Waals surface area contributed by atoms with Crippen LogP contribution >= 0.6 is 12.2 Å². The van der Waals surface area contributed by atoms with Crippen molar-refractivity contribution < 1.29 is 0 Å². The van der Waals surface area contributed by atoms with Crippen LogP contribution in [0.3, 0.4) is 0 Å². The van der Waals surface area contributed by atoms with Crippen molar-refractivity contribution in [1.82, 2.24) is 24.8 Å². The van der Waals surface area contributed by atoms with E-state index in [1.807, 2.05) is 56.0 Å². The van der Waals surface area contributed by atoms with Gasteiger partial charge in [0.15, 0.2) is 5.11 Å². The average molecular weight is 349 g/mol. The lowest BCUT2D eigenvalue weighted by molar-refractivity contribution is 0.311. The van der Waals surface area contributed by atoms with Gasteiger partial charge in [-0.15, -0.1) is 0 Å². The molecule has 1 aliphatic heterocycles. The second kappa shape index (κ2) is 6.64. The van der Waals surface area contributed by atoms with Gasteiger partial charge < -0.3 is 14.8 Å². The predicted molar refractivity (Wildman–Crippen MR) is 101 cm³/mol. The lowest BCUT2D eigenvalue weighted by Gasteiger charge is -2.27. The molecule has 0 aliphatic carbocycles. The minimum absolute atomic E-state index is 0.0259. The zero-order chi connectivity index (χ0) is 17.2. The van der Waals surface area contributed by atoms with Crippen LogP contribution in [0.25, 0.3) is 0 Å². The molecular weight excluding hydrogens is 330 g/mol. The number of thiocarbonyl (C=S) groups is 1. The quantitative estimate of drug-likeness (QED) is 0.734. The number of nitrogens with one attached hydrogen (secondary N) is 1. The van der Waals surface area contributed by atoms with Crippen LogP contribution in [-0.4, -0.2) is 24.5 Å². The minimum atomic E-state index is 0.0259. The van der Waals surface area contributed by atoms with Gasteiger partial charge in [-0.25, -0.2) is 0 Å². The molecule has 2 atom stereocenters. The van der Waals surface area contributed by atoms with Crippen LogP contribution in [0.1, 0.15) is 28.9 Å². The van der Waals surface area contributed by atoms with Crippen LogP contribution in [0.2, 0.25) is 0 Å². The van der Waals surface area contributed by atoms with Crippen molar-refractivity contribution in [1.29, 1.82) is 0 Å². The molecule has 3 aromatic rings. The second-order valence-corrected chi connectivity index (χ2v) is 6.61. The normalized spacial score (nSPS) is 19.9. The summed E-state index contributed by atoms with van der Waals surface area (Å²) >= 11 is 5.67. The van der Waals surface area contributed by atoms with Crippen LogP contribution in [0.5, 0.6) is 0 Å². The Bertz CT molecular complexity index is 862. The van der Waals surface area contributed by atoms with Crippen LogP contribution in [0.15, 0.2) is 67.4 Å². The number of aryl methyl sites for hydroxylation is 1. The third-order valence-electron chi connectivity index (χ3n) is 4.50. The first kappa shape index (κ1) is 15.8. The molecule has 1 N–H and O–H groups in total. The fourth-order valence-electron chi connectivity index (χ4n) is 3.32. The molecule has 3 aromatic heterocycles. The van der Waals surface area contributed by atoms with E-state index in [9.17, 15) is 0 Å². The third-order valence-corrected chi connectivity index (χ3v) is 4.85. The molecule has 1 fully saturated rings. The Hall–Kier alpha value is -2.73. The molecule has 0 amide bonds. The average Bonchev–Trinajstić information content (AvgIpc) is 3.20. The molecule has 0 saturated carbocycles. The summed E-state index contributed by atoms with van der Waals surface area (Å²) in [6.07, 6.45) is 9.67. The van der Waals surface area contributed by atoms with Gasteiger partial charge in [0.1, 0.15) is 0 Å². The van der Waals surface area contributed by atoms with Gasteiger partial charge in [0.2, 0.25) is 0 Å². The molecular formula is C19H19N5S. The van der Waals surface area contributed by atoms with E-state index in [-0.39, 0.29) is 12.1 Å². The zero-order valence-corrected chi connectivity index (χ0v) is 14.7. The van der Waals surface area contributed by atoms with Gasteiger partial charge >= 0.3 is 0 Å². The molecule has 0 radical (unpaired) electrons. The van der Waals surface area contributed by atoms with E-state index in [2.05, 4.69) is 43.2 Å². The van der Waals surface area contributed by atoms with Crippen molar-refractivity contribution >= 4 is 17.3 Å². The highest BCUT2D eigenvalue weighted by Crippen LogP contribution is 2.39. The summed E-state index contributed by atoms with van der Waals surface area (Å²) in [5.41, 5.74) is 3.40. The van der Waals surface area contributed by atoms with Crippen LogP contribution in [-0.2, 0) is 13.6 Å². The fraction of sp³-hybridized carbons (Fsp3) is 0.211. The molecule has 1 aliphatic rings. The Balaban J connectivity index is 1.72. The van der Waals surface area contributed by atoms with Gasteiger partial charge in [-0.3, -0.25) is 9.97 Å². The van der Waals surface area contributed by atoms with Gasteiger partial charge in [-0.2, -0.15) is 0 Å². The first-order valence-corrected chi connectivity index (χ1v) is 8.62. The van der Waals surface area contributed by atoms with E-state index in [1.165, 1.54) is 11.1 Å². The summed E-state index contributed by atoms with van der Waals surface area (Å²) < 4.78 is 2.07. The summed E-state index contributed by atoms with van der Waals surface area (Å²) in [7, 11) is 2.03. The van der Waals surface area contributed by atoms with Gasteiger partial charge in [0.25, 0.3) is 0 Å². The van der Waals surface area contributed by atoms with Crippen molar-refractivity contribution in [2.24, 2.45) is 7.05 Å². The number of aromatic nitrogens is 3. The lowest BCUT2D eigenvalue weighted by Crippen LogP contribution is -2.29. The summed E-state index contributed by atoms with van der Waals surface area (Å²) in [4.78, 5) is 10.9. The zero-order valence-electron chi connectivity index (χ0n) is 13.9. The smallest absolute Gasteiger partial charge is 0.170 e. The van der Waals surface area contributed by atoms with Crippen molar-refractivity contribution in [3.8, 4) is 0 Å². The molecule has 0 aromatic carbocycles. The molecule has 4 rings (SSSR count). The van der Waals surface area contributed by atoms with Crippen molar-refractivity contribution in [2.45, 2.75) is 18.6 Å². The van der Waals surface area contributed by atoms with E-state index in [0.29, 0.717) is 0 Å². The topological polar surface area (TPSA) is 46.0 Å². The van der Waals surface area contributed by atoms with Crippen molar-refractivity contribution in [3.63, 3.8) is 0 Å². The van der Waals surface area contributed by atoms with Crippen LogP contribution in [0.4, 0.5) is 0 Å². The first-order valence-electron chi connectivity index (χ1n) is 8.21. The Kier molecular flexibility index (Phi) is 4.19. The van der Waals surface area contributed by atoms with E-state index in [1.54, 1.807) is 0 Å². The van der Waals surface area contributed by atoms with Crippen molar-refractivity contribution in [2.75, 3.05) is 0 Å². The van der Waals surface area contributed by atoms with Crippen LogP contribution < -0.4 is 5.32 Å². The maximum atomic E-state index is 5.67. The fourth-order valence-corrected chi connectivity index (χ4v) is 3.63. The highest BCUT2D eigenvalue weighted by Gasteiger charge is 2.39. The molecule has 0 bridgehead atoms. The van der Waals surface area contributed by atoms with E-state index >= 15 is 0 Å². The van der Waals surface area contributed by atoms with Gasteiger partial charge in [-0.1, -0.05) is 6.07 Å². The molecule has 0 spiro atoms. The highest BCUT2D eigenvalue weighted by molar-refractivity contribution is 7.80. The molecule has 25 heavy (non-hydrogen) atoms.